The first-order valence-corrected chi connectivity index (χ1v) is 8.13. The molecule has 0 saturated carbocycles. The van der Waals surface area contributed by atoms with Crippen LogP contribution in [0.2, 0.25) is 0 Å². The van der Waals surface area contributed by atoms with Gasteiger partial charge in [-0.05, 0) is 31.5 Å². The van der Waals surface area contributed by atoms with Gasteiger partial charge < -0.3 is 20.1 Å². The number of carbonyl (C=O) groups excluding carboxylic acids is 1. The zero-order valence-corrected chi connectivity index (χ0v) is 14.4. The van der Waals surface area contributed by atoms with Crippen LogP contribution in [0.25, 0.3) is 0 Å². The minimum Gasteiger partial charge on any atom is -0.489 e. The van der Waals surface area contributed by atoms with E-state index in [4.69, 9.17) is 9.84 Å². The highest BCUT2D eigenvalue weighted by Crippen LogP contribution is 2.37. The van der Waals surface area contributed by atoms with Crippen LogP contribution in [0.4, 0.5) is 18.0 Å². The van der Waals surface area contributed by atoms with Gasteiger partial charge in [0.2, 0.25) is 0 Å². The molecule has 0 aromatic heterocycles. The van der Waals surface area contributed by atoms with Crippen LogP contribution in [-0.4, -0.2) is 53.9 Å². The van der Waals surface area contributed by atoms with E-state index >= 15 is 0 Å². The SMILES string of the molecule is Cc1cccc(OC(C)CNC(=O)N2C[C@@H](C(F)(F)F)[C@H](C(=O)O)C2)c1. The van der Waals surface area contributed by atoms with Crippen molar-refractivity contribution in [2.75, 3.05) is 19.6 Å². The number of aryl methyl sites for hydroxylation is 1. The largest absolute Gasteiger partial charge is 0.489 e. The maximum absolute atomic E-state index is 13.0. The Morgan fingerprint density at radius 2 is 2.08 bits per heavy atom. The van der Waals surface area contributed by atoms with Crippen molar-refractivity contribution >= 4 is 12.0 Å². The summed E-state index contributed by atoms with van der Waals surface area (Å²) in [5.74, 6) is -4.65. The molecule has 144 valence electrons. The summed E-state index contributed by atoms with van der Waals surface area (Å²) in [5, 5.41) is 11.5. The molecule has 1 aromatic carbocycles. The molecule has 1 saturated heterocycles. The van der Waals surface area contributed by atoms with Gasteiger partial charge in [0.05, 0.1) is 18.4 Å². The molecule has 6 nitrogen and oxygen atoms in total. The monoisotopic (exact) mass is 374 g/mol. The molecule has 3 atom stereocenters. The molecular formula is C17H21F3N2O4. The van der Waals surface area contributed by atoms with Crippen LogP contribution in [0.15, 0.2) is 24.3 Å². The van der Waals surface area contributed by atoms with Crippen LogP contribution >= 0.6 is 0 Å². The number of aliphatic carboxylic acids is 1. The van der Waals surface area contributed by atoms with Crippen molar-refractivity contribution in [2.24, 2.45) is 11.8 Å². The Hall–Kier alpha value is -2.45. The van der Waals surface area contributed by atoms with Crippen molar-refractivity contribution in [3.63, 3.8) is 0 Å². The minimum absolute atomic E-state index is 0.0810. The summed E-state index contributed by atoms with van der Waals surface area (Å²) in [6, 6.07) is 6.58. The Balaban J connectivity index is 1.88. The molecule has 0 aliphatic carbocycles. The van der Waals surface area contributed by atoms with Gasteiger partial charge in [-0.3, -0.25) is 4.79 Å². The number of amides is 2. The number of carbonyl (C=O) groups is 2. The Bertz CT molecular complexity index is 666. The number of nitrogens with one attached hydrogen (secondary N) is 1. The van der Waals surface area contributed by atoms with Gasteiger partial charge in [0.1, 0.15) is 11.9 Å². The Morgan fingerprint density at radius 1 is 1.38 bits per heavy atom. The number of benzene rings is 1. The van der Waals surface area contributed by atoms with Crippen LogP contribution in [0, 0.1) is 18.8 Å². The topological polar surface area (TPSA) is 78.9 Å². The Kier molecular flexibility index (Phi) is 5.99. The van der Waals surface area contributed by atoms with Gasteiger partial charge in [0.25, 0.3) is 0 Å². The smallest absolute Gasteiger partial charge is 0.394 e. The zero-order valence-electron chi connectivity index (χ0n) is 14.4. The quantitative estimate of drug-likeness (QED) is 0.831. The number of nitrogens with zero attached hydrogens (tertiary/aromatic N) is 1. The average molecular weight is 374 g/mol. The number of hydrogen-bond acceptors (Lipinski definition) is 3. The summed E-state index contributed by atoms with van der Waals surface area (Å²) in [7, 11) is 0. The molecule has 1 aliphatic heterocycles. The highest BCUT2D eigenvalue weighted by atomic mass is 19.4. The molecule has 1 aliphatic rings. The van der Waals surface area contributed by atoms with Crippen molar-refractivity contribution in [2.45, 2.75) is 26.1 Å². The molecule has 0 radical (unpaired) electrons. The summed E-state index contributed by atoms with van der Waals surface area (Å²) < 4.78 is 44.5. The number of urea groups is 1. The third kappa shape index (κ3) is 5.03. The van der Waals surface area contributed by atoms with Crippen molar-refractivity contribution in [3.8, 4) is 5.75 Å². The standard InChI is InChI=1S/C17H21F3N2O4/c1-10-4-3-5-12(6-10)26-11(2)7-21-16(25)22-8-13(15(23)24)14(9-22)17(18,19)20/h3-6,11,13-14H,7-9H2,1-2H3,(H,21,25)(H,23,24)/t11?,13-,14-/m1/s1. The minimum atomic E-state index is -4.67. The van der Waals surface area contributed by atoms with E-state index in [0.717, 1.165) is 10.5 Å². The highest BCUT2D eigenvalue weighted by Gasteiger charge is 2.53. The predicted octanol–water partition coefficient (Wildman–Crippen LogP) is 2.67. The van der Waals surface area contributed by atoms with Gasteiger partial charge in [-0.1, -0.05) is 12.1 Å². The van der Waals surface area contributed by atoms with Crippen LogP contribution in [0.3, 0.4) is 0 Å². The molecular weight excluding hydrogens is 353 g/mol. The molecule has 0 bridgehead atoms. The summed E-state index contributed by atoms with van der Waals surface area (Å²) in [5.41, 5.74) is 1.01. The van der Waals surface area contributed by atoms with E-state index < -0.39 is 49.2 Å². The zero-order chi connectivity index (χ0) is 19.5. The second-order valence-electron chi connectivity index (χ2n) is 6.43. The van der Waals surface area contributed by atoms with Crippen molar-refractivity contribution in [1.29, 1.82) is 0 Å². The molecule has 1 aromatic rings. The molecule has 2 rings (SSSR count). The number of carboxylic acids is 1. The van der Waals surface area contributed by atoms with Gasteiger partial charge in [0.15, 0.2) is 0 Å². The van der Waals surface area contributed by atoms with Crippen LogP contribution in [-0.2, 0) is 4.79 Å². The fourth-order valence-electron chi connectivity index (χ4n) is 2.86. The van der Waals surface area contributed by atoms with E-state index in [9.17, 15) is 22.8 Å². The van der Waals surface area contributed by atoms with E-state index in [1.165, 1.54) is 0 Å². The maximum Gasteiger partial charge on any atom is 0.394 e. The third-order valence-electron chi connectivity index (χ3n) is 4.21. The number of hydrogen-bond donors (Lipinski definition) is 2. The van der Waals surface area contributed by atoms with Crippen LogP contribution in [0.5, 0.6) is 5.75 Å². The molecule has 2 N–H and O–H groups in total. The van der Waals surface area contributed by atoms with E-state index in [2.05, 4.69) is 5.32 Å². The Morgan fingerprint density at radius 3 is 2.62 bits per heavy atom. The number of rotatable bonds is 5. The van der Waals surface area contributed by atoms with E-state index in [-0.39, 0.29) is 6.54 Å². The first-order chi connectivity index (χ1) is 12.1. The fourth-order valence-corrected chi connectivity index (χ4v) is 2.86. The lowest BCUT2D eigenvalue weighted by atomic mass is 9.96. The first-order valence-electron chi connectivity index (χ1n) is 8.13. The van der Waals surface area contributed by atoms with Gasteiger partial charge in [-0.15, -0.1) is 0 Å². The number of alkyl halides is 3. The molecule has 1 unspecified atom stereocenters. The van der Waals surface area contributed by atoms with E-state index in [1.807, 2.05) is 25.1 Å². The van der Waals surface area contributed by atoms with Crippen molar-refractivity contribution in [3.05, 3.63) is 29.8 Å². The van der Waals surface area contributed by atoms with Gasteiger partial charge >= 0.3 is 18.2 Å². The van der Waals surface area contributed by atoms with Crippen LogP contribution in [0.1, 0.15) is 12.5 Å². The number of ether oxygens (including phenoxy) is 1. The first kappa shape index (κ1) is 19.9. The lowest BCUT2D eigenvalue weighted by Crippen LogP contribution is -2.43. The number of likely N-dealkylation sites (tertiary alicyclic amines) is 1. The molecule has 2 amide bonds. The van der Waals surface area contributed by atoms with Gasteiger partial charge in [0, 0.05) is 13.1 Å². The van der Waals surface area contributed by atoms with E-state index in [1.54, 1.807) is 13.0 Å². The summed E-state index contributed by atoms with van der Waals surface area (Å²) >= 11 is 0. The molecule has 9 heteroatoms. The van der Waals surface area contributed by atoms with Crippen LogP contribution < -0.4 is 10.1 Å². The lowest BCUT2D eigenvalue weighted by molar-refractivity contribution is -0.187. The molecule has 1 fully saturated rings. The average Bonchev–Trinajstić information content (AvgIpc) is 2.98. The highest BCUT2D eigenvalue weighted by molar-refractivity contribution is 5.77. The van der Waals surface area contributed by atoms with Crippen molar-refractivity contribution < 1.29 is 32.6 Å². The fraction of sp³-hybridized carbons (Fsp3) is 0.529. The number of carboxylic acid groups (broad SMARTS) is 1. The van der Waals surface area contributed by atoms with Crippen molar-refractivity contribution in [1.82, 2.24) is 10.2 Å². The predicted molar refractivity (Wildman–Crippen MR) is 86.9 cm³/mol. The second-order valence-corrected chi connectivity index (χ2v) is 6.43. The number of halogens is 3. The molecule has 0 spiro atoms. The maximum atomic E-state index is 13.0. The lowest BCUT2D eigenvalue weighted by Gasteiger charge is -2.20. The summed E-state index contributed by atoms with van der Waals surface area (Å²) in [6.45, 7) is 2.56. The molecule has 1 heterocycles. The second kappa shape index (κ2) is 7.84. The summed E-state index contributed by atoms with van der Waals surface area (Å²) in [6.07, 6.45) is -5.07. The Labute approximate surface area is 148 Å². The van der Waals surface area contributed by atoms with Gasteiger partial charge in [-0.25, -0.2) is 4.79 Å². The van der Waals surface area contributed by atoms with E-state index in [0.29, 0.717) is 5.75 Å². The molecule has 26 heavy (non-hydrogen) atoms. The van der Waals surface area contributed by atoms with Gasteiger partial charge in [-0.2, -0.15) is 13.2 Å². The third-order valence-corrected chi connectivity index (χ3v) is 4.21. The summed E-state index contributed by atoms with van der Waals surface area (Å²) in [4.78, 5) is 24.0. The normalized spacial score (nSPS) is 21.3.